The van der Waals surface area contributed by atoms with Gasteiger partial charge in [0.15, 0.2) is 5.76 Å². The number of amides is 2. The number of furan rings is 1. The number of nitrogens with one attached hydrogen (secondary N) is 2. The summed E-state index contributed by atoms with van der Waals surface area (Å²) in [5, 5.41) is 8.44. The van der Waals surface area contributed by atoms with E-state index in [-0.39, 0.29) is 11.8 Å². The van der Waals surface area contributed by atoms with Crippen LogP contribution in [0.1, 0.15) is 27.3 Å². The third-order valence-electron chi connectivity index (χ3n) is 3.90. The van der Waals surface area contributed by atoms with Crippen LogP contribution >= 0.6 is 11.3 Å². The van der Waals surface area contributed by atoms with Crippen molar-refractivity contribution in [3.05, 3.63) is 70.3 Å². The molecule has 0 unspecified atom stereocenters. The summed E-state index contributed by atoms with van der Waals surface area (Å²) >= 11 is 1.53. The Morgan fingerprint density at radius 2 is 1.96 bits per heavy atom. The van der Waals surface area contributed by atoms with Crippen LogP contribution in [0.5, 0.6) is 0 Å². The van der Waals surface area contributed by atoms with Crippen molar-refractivity contribution >= 4 is 29.2 Å². The number of nitrogens with zero attached hydrogens (tertiary/aromatic N) is 1. The lowest BCUT2D eigenvalue weighted by atomic mass is 10.2. The van der Waals surface area contributed by atoms with Gasteiger partial charge in [-0.3, -0.25) is 9.59 Å². The molecule has 2 amide bonds. The van der Waals surface area contributed by atoms with Gasteiger partial charge in [-0.25, -0.2) is 4.98 Å². The van der Waals surface area contributed by atoms with Crippen LogP contribution in [0.2, 0.25) is 0 Å². The van der Waals surface area contributed by atoms with Crippen molar-refractivity contribution in [1.29, 1.82) is 0 Å². The number of hydrogen-bond donors (Lipinski definition) is 2. The maximum atomic E-state index is 12.2. The Morgan fingerprint density at radius 3 is 2.71 bits per heavy atom. The molecule has 7 heteroatoms. The van der Waals surface area contributed by atoms with Gasteiger partial charge in [-0.2, -0.15) is 0 Å². The van der Waals surface area contributed by atoms with Gasteiger partial charge in [0.05, 0.1) is 10.6 Å². The topological polar surface area (TPSA) is 84.2 Å². The van der Waals surface area contributed by atoms with Crippen LogP contribution in [0.4, 0.5) is 0 Å². The van der Waals surface area contributed by atoms with E-state index in [9.17, 15) is 9.59 Å². The predicted molar refractivity (Wildman–Crippen MR) is 110 cm³/mol. The lowest BCUT2D eigenvalue weighted by Gasteiger charge is -2.04. The van der Waals surface area contributed by atoms with Crippen LogP contribution in [0, 0.1) is 6.92 Å². The average molecular weight is 395 g/mol. The van der Waals surface area contributed by atoms with Crippen LogP contribution in [0.3, 0.4) is 0 Å². The SMILES string of the molecule is Cc1nc(-c2cc(C(=O)NCCCNC(=O)/C=C/c3ccccc3)co2)cs1. The zero-order chi connectivity index (χ0) is 19.8. The minimum Gasteiger partial charge on any atom is -0.462 e. The van der Waals surface area contributed by atoms with Gasteiger partial charge < -0.3 is 15.1 Å². The monoisotopic (exact) mass is 395 g/mol. The molecule has 0 aliphatic heterocycles. The fourth-order valence-corrected chi connectivity index (χ4v) is 3.07. The highest BCUT2D eigenvalue weighted by Gasteiger charge is 2.12. The summed E-state index contributed by atoms with van der Waals surface area (Å²) in [6, 6.07) is 11.3. The highest BCUT2D eigenvalue weighted by molar-refractivity contribution is 7.09. The van der Waals surface area contributed by atoms with Gasteiger partial charge in [-0.15, -0.1) is 11.3 Å². The molecule has 2 N–H and O–H groups in total. The molecule has 144 valence electrons. The van der Waals surface area contributed by atoms with Crippen molar-refractivity contribution in [2.75, 3.05) is 13.1 Å². The Hall–Kier alpha value is -3.19. The summed E-state index contributed by atoms with van der Waals surface area (Å²) in [6.45, 7) is 2.85. The van der Waals surface area contributed by atoms with Crippen LogP contribution < -0.4 is 10.6 Å². The molecule has 1 aromatic carbocycles. The Morgan fingerprint density at radius 1 is 1.18 bits per heavy atom. The summed E-state index contributed by atoms with van der Waals surface area (Å²) in [6.07, 6.45) is 5.32. The van der Waals surface area contributed by atoms with E-state index in [2.05, 4.69) is 15.6 Å². The molecule has 0 saturated carbocycles. The van der Waals surface area contributed by atoms with Gasteiger partial charge in [-0.1, -0.05) is 30.3 Å². The zero-order valence-corrected chi connectivity index (χ0v) is 16.3. The van der Waals surface area contributed by atoms with Gasteiger partial charge >= 0.3 is 0 Å². The predicted octanol–water partition coefficient (Wildman–Crippen LogP) is 3.66. The van der Waals surface area contributed by atoms with E-state index in [0.29, 0.717) is 30.8 Å². The molecule has 0 spiro atoms. The Kier molecular flexibility index (Phi) is 6.75. The van der Waals surface area contributed by atoms with Crippen LogP contribution in [0.25, 0.3) is 17.5 Å². The number of carbonyl (C=O) groups excluding carboxylic acids is 2. The molecule has 0 saturated heterocycles. The van der Waals surface area contributed by atoms with E-state index < -0.39 is 0 Å². The fraction of sp³-hybridized carbons (Fsp3) is 0.190. The van der Waals surface area contributed by atoms with Crippen molar-refractivity contribution < 1.29 is 14.0 Å². The van der Waals surface area contributed by atoms with Crippen molar-refractivity contribution in [1.82, 2.24) is 15.6 Å². The molecular formula is C21H21N3O3S. The van der Waals surface area contributed by atoms with Crippen LogP contribution in [-0.4, -0.2) is 29.9 Å². The Balaban J connectivity index is 1.36. The summed E-state index contributed by atoms with van der Waals surface area (Å²) in [7, 11) is 0. The lowest BCUT2D eigenvalue weighted by Crippen LogP contribution is -2.28. The second-order valence-electron chi connectivity index (χ2n) is 6.10. The third kappa shape index (κ3) is 5.65. The first kappa shape index (κ1) is 19.6. The van der Waals surface area contributed by atoms with E-state index in [4.69, 9.17) is 4.42 Å². The molecule has 3 aromatic rings. The highest BCUT2D eigenvalue weighted by Crippen LogP contribution is 2.23. The highest BCUT2D eigenvalue weighted by atomic mass is 32.1. The van der Waals surface area contributed by atoms with E-state index in [1.165, 1.54) is 23.7 Å². The van der Waals surface area contributed by atoms with Crippen LogP contribution in [-0.2, 0) is 4.79 Å². The standard InChI is InChI=1S/C21H21N3O3S/c1-15-24-18(14-28-15)19-12-17(13-27-19)21(26)23-11-5-10-22-20(25)9-8-16-6-3-2-4-7-16/h2-4,6-9,12-14H,5,10-11H2,1H3,(H,22,25)(H,23,26)/b9-8+. The molecule has 0 bridgehead atoms. The second-order valence-corrected chi connectivity index (χ2v) is 7.16. The Bertz CT molecular complexity index is 960. The minimum absolute atomic E-state index is 0.159. The molecular weight excluding hydrogens is 374 g/mol. The molecule has 0 aliphatic rings. The number of thiazole rings is 1. The van der Waals surface area contributed by atoms with Crippen LogP contribution in [0.15, 0.2) is 58.5 Å². The number of aryl methyl sites for hydroxylation is 1. The molecule has 6 nitrogen and oxygen atoms in total. The Labute approximate surface area is 167 Å². The maximum absolute atomic E-state index is 12.2. The molecule has 3 rings (SSSR count). The molecule has 0 aliphatic carbocycles. The summed E-state index contributed by atoms with van der Waals surface area (Å²) in [4.78, 5) is 28.3. The number of carbonyl (C=O) groups is 2. The second kappa shape index (κ2) is 9.66. The quantitative estimate of drug-likeness (QED) is 0.450. The van der Waals surface area contributed by atoms with Gasteiger partial charge in [0.25, 0.3) is 5.91 Å². The normalized spacial score (nSPS) is 10.9. The maximum Gasteiger partial charge on any atom is 0.254 e. The number of aromatic nitrogens is 1. The van der Waals surface area contributed by atoms with E-state index in [1.54, 1.807) is 12.1 Å². The average Bonchev–Trinajstić information content (AvgIpc) is 3.36. The van der Waals surface area contributed by atoms with E-state index >= 15 is 0 Å². The minimum atomic E-state index is -0.211. The van der Waals surface area contributed by atoms with Crippen molar-refractivity contribution in [2.24, 2.45) is 0 Å². The molecule has 2 heterocycles. The molecule has 0 fully saturated rings. The molecule has 0 radical (unpaired) electrons. The van der Waals surface area contributed by atoms with Crippen molar-refractivity contribution in [3.8, 4) is 11.5 Å². The van der Waals surface area contributed by atoms with Crippen molar-refractivity contribution in [3.63, 3.8) is 0 Å². The van der Waals surface area contributed by atoms with Crippen molar-refractivity contribution in [2.45, 2.75) is 13.3 Å². The molecule has 0 atom stereocenters. The number of rotatable bonds is 8. The number of hydrogen-bond acceptors (Lipinski definition) is 5. The number of benzene rings is 1. The molecule has 28 heavy (non-hydrogen) atoms. The largest absolute Gasteiger partial charge is 0.462 e. The summed E-state index contributed by atoms with van der Waals surface area (Å²) < 4.78 is 5.43. The van der Waals surface area contributed by atoms with Gasteiger partial charge in [-0.05, 0) is 31.1 Å². The smallest absolute Gasteiger partial charge is 0.254 e. The van der Waals surface area contributed by atoms with Gasteiger partial charge in [0, 0.05) is 24.5 Å². The van der Waals surface area contributed by atoms with E-state index in [0.717, 1.165) is 16.3 Å². The zero-order valence-electron chi connectivity index (χ0n) is 15.5. The fourth-order valence-electron chi connectivity index (χ4n) is 2.47. The lowest BCUT2D eigenvalue weighted by molar-refractivity contribution is -0.116. The summed E-state index contributed by atoms with van der Waals surface area (Å²) in [5.74, 6) is 0.206. The first-order chi connectivity index (χ1) is 13.6. The van der Waals surface area contributed by atoms with Gasteiger partial charge in [0.2, 0.25) is 5.91 Å². The van der Waals surface area contributed by atoms with Gasteiger partial charge in [0.1, 0.15) is 12.0 Å². The summed E-state index contributed by atoms with van der Waals surface area (Å²) in [5.41, 5.74) is 2.15. The first-order valence-electron chi connectivity index (χ1n) is 8.92. The molecule has 2 aromatic heterocycles. The third-order valence-corrected chi connectivity index (χ3v) is 4.67. The first-order valence-corrected chi connectivity index (χ1v) is 9.80. The van der Waals surface area contributed by atoms with E-state index in [1.807, 2.05) is 42.6 Å².